The van der Waals surface area contributed by atoms with Crippen molar-refractivity contribution in [1.29, 1.82) is 0 Å². The van der Waals surface area contributed by atoms with Crippen LogP contribution in [-0.2, 0) is 4.79 Å². The molecule has 2 aromatic carbocycles. The van der Waals surface area contributed by atoms with Crippen molar-refractivity contribution in [3.63, 3.8) is 0 Å². The summed E-state index contributed by atoms with van der Waals surface area (Å²) in [6.45, 7) is 2.01. The third-order valence-corrected chi connectivity index (χ3v) is 4.72. The average molecular weight is 381 g/mol. The maximum Gasteiger partial charge on any atom is 0.322 e. The second kappa shape index (κ2) is 8.56. The van der Waals surface area contributed by atoms with Crippen LogP contribution in [0.2, 0.25) is 0 Å². The summed E-state index contributed by atoms with van der Waals surface area (Å²) in [6.07, 6.45) is 1.37. The molecule has 146 valence electrons. The van der Waals surface area contributed by atoms with Crippen LogP contribution >= 0.6 is 0 Å². The van der Waals surface area contributed by atoms with Crippen molar-refractivity contribution in [3.05, 3.63) is 54.1 Å². The molecule has 0 radical (unpaired) electrons. The SMILES string of the molecule is COc1ccc(NC(=O)N2CCC[C@H]2C(=O)Nc2ccc(C(C)=O)cc2)cc1. The number of nitrogens with zero attached hydrogens (tertiary/aromatic N) is 1. The summed E-state index contributed by atoms with van der Waals surface area (Å²) in [7, 11) is 1.58. The van der Waals surface area contributed by atoms with E-state index in [0.29, 0.717) is 35.7 Å². The van der Waals surface area contributed by atoms with Crippen LogP contribution in [0.3, 0.4) is 0 Å². The number of ketones is 1. The van der Waals surface area contributed by atoms with Gasteiger partial charge in [-0.05, 0) is 68.3 Å². The first kappa shape index (κ1) is 19.4. The topological polar surface area (TPSA) is 87.7 Å². The normalized spacial score (nSPS) is 15.8. The number of Topliss-reactive ketones (excluding diaryl/α,β-unsaturated/α-hetero) is 1. The first-order chi connectivity index (χ1) is 13.5. The molecule has 1 aliphatic heterocycles. The summed E-state index contributed by atoms with van der Waals surface area (Å²) < 4.78 is 5.10. The molecule has 0 saturated carbocycles. The molecule has 0 aromatic heterocycles. The van der Waals surface area contributed by atoms with Crippen molar-refractivity contribution >= 4 is 29.1 Å². The first-order valence-electron chi connectivity index (χ1n) is 9.11. The van der Waals surface area contributed by atoms with E-state index in [9.17, 15) is 14.4 Å². The van der Waals surface area contributed by atoms with E-state index in [1.165, 1.54) is 6.92 Å². The largest absolute Gasteiger partial charge is 0.497 e. The van der Waals surface area contributed by atoms with Gasteiger partial charge in [0.25, 0.3) is 0 Å². The minimum atomic E-state index is -0.536. The molecule has 1 saturated heterocycles. The van der Waals surface area contributed by atoms with E-state index in [2.05, 4.69) is 10.6 Å². The Morgan fingerprint density at radius 1 is 0.964 bits per heavy atom. The minimum absolute atomic E-state index is 0.0324. The summed E-state index contributed by atoms with van der Waals surface area (Å²) in [6, 6.07) is 12.9. The number of rotatable bonds is 5. The highest BCUT2D eigenvalue weighted by Crippen LogP contribution is 2.22. The molecule has 0 aliphatic carbocycles. The minimum Gasteiger partial charge on any atom is -0.497 e. The van der Waals surface area contributed by atoms with Crippen molar-refractivity contribution in [2.45, 2.75) is 25.8 Å². The van der Waals surface area contributed by atoms with Gasteiger partial charge in [0.15, 0.2) is 5.78 Å². The highest BCUT2D eigenvalue weighted by Gasteiger charge is 2.34. The fourth-order valence-corrected chi connectivity index (χ4v) is 3.17. The lowest BCUT2D eigenvalue weighted by atomic mass is 10.1. The summed E-state index contributed by atoms with van der Waals surface area (Å²) in [4.78, 5) is 38.2. The number of hydrogen-bond acceptors (Lipinski definition) is 4. The number of likely N-dealkylation sites (tertiary alicyclic amines) is 1. The third kappa shape index (κ3) is 4.49. The van der Waals surface area contributed by atoms with E-state index in [1.54, 1.807) is 60.5 Å². The zero-order chi connectivity index (χ0) is 20.1. The van der Waals surface area contributed by atoms with Crippen LogP contribution in [0.4, 0.5) is 16.2 Å². The van der Waals surface area contributed by atoms with Gasteiger partial charge in [-0.2, -0.15) is 0 Å². The van der Waals surface area contributed by atoms with Gasteiger partial charge in [0.05, 0.1) is 7.11 Å². The standard InChI is InChI=1S/C21H23N3O4/c1-14(25)15-5-7-16(8-6-15)22-20(26)19-4-3-13-24(19)21(27)23-17-9-11-18(28-2)12-10-17/h5-12,19H,3-4,13H2,1-2H3,(H,22,26)(H,23,27)/t19-/m0/s1. The molecular weight excluding hydrogens is 358 g/mol. The molecule has 2 N–H and O–H groups in total. The van der Waals surface area contributed by atoms with Gasteiger partial charge in [0.1, 0.15) is 11.8 Å². The van der Waals surface area contributed by atoms with Gasteiger partial charge in [-0.25, -0.2) is 4.79 Å². The number of methoxy groups -OCH3 is 1. The maximum atomic E-state index is 12.7. The highest BCUT2D eigenvalue weighted by atomic mass is 16.5. The Morgan fingerprint density at radius 2 is 1.57 bits per heavy atom. The van der Waals surface area contributed by atoms with E-state index < -0.39 is 6.04 Å². The predicted molar refractivity (Wildman–Crippen MR) is 107 cm³/mol. The zero-order valence-corrected chi connectivity index (χ0v) is 15.9. The van der Waals surface area contributed by atoms with Crippen LogP contribution in [0.15, 0.2) is 48.5 Å². The van der Waals surface area contributed by atoms with Crippen LogP contribution in [0.1, 0.15) is 30.1 Å². The van der Waals surface area contributed by atoms with Gasteiger partial charge in [-0.15, -0.1) is 0 Å². The number of amides is 3. The number of nitrogens with one attached hydrogen (secondary N) is 2. The number of ether oxygens (including phenoxy) is 1. The van der Waals surface area contributed by atoms with Crippen LogP contribution in [0, 0.1) is 0 Å². The molecule has 0 unspecified atom stereocenters. The Hall–Kier alpha value is -3.35. The zero-order valence-electron chi connectivity index (χ0n) is 15.9. The lowest BCUT2D eigenvalue weighted by Crippen LogP contribution is -2.45. The average Bonchev–Trinajstić information content (AvgIpc) is 3.19. The molecule has 2 aromatic rings. The summed E-state index contributed by atoms with van der Waals surface area (Å²) in [5, 5.41) is 5.64. The number of carbonyl (C=O) groups excluding carboxylic acids is 3. The van der Waals surface area contributed by atoms with E-state index in [0.717, 1.165) is 6.42 Å². The summed E-state index contributed by atoms with van der Waals surface area (Å²) in [5.41, 5.74) is 1.81. The van der Waals surface area contributed by atoms with Crippen molar-refractivity contribution in [2.24, 2.45) is 0 Å². The molecule has 0 bridgehead atoms. The molecule has 3 rings (SSSR count). The van der Waals surface area contributed by atoms with Crippen LogP contribution in [0.5, 0.6) is 5.75 Å². The van der Waals surface area contributed by atoms with Gasteiger partial charge in [-0.3, -0.25) is 9.59 Å². The van der Waals surface area contributed by atoms with Crippen LogP contribution in [0.25, 0.3) is 0 Å². The first-order valence-corrected chi connectivity index (χ1v) is 9.11. The molecule has 1 heterocycles. The third-order valence-electron chi connectivity index (χ3n) is 4.72. The molecule has 7 nitrogen and oxygen atoms in total. The highest BCUT2D eigenvalue weighted by molar-refractivity contribution is 6.00. The predicted octanol–water partition coefficient (Wildman–Crippen LogP) is 3.53. The molecule has 7 heteroatoms. The fourth-order valence-electron chi connectivity index (χ4n) is 3.17. The van der Waals surface area contributed by atoms with Gasteiger partial charge >= 0.3 is 6.03 Å². The fraction of sp³-hybridized carbons (Fsp3) is 0.286. The van der Waals surface area contributed by atoms with Crippen molar-refractivity contribution in [1.82, 2.24) is 4.90 Å². The van der Waals surface area contributed by atoms with E-state index >= 15 is 0 Å². The Morgan fingerprint density at radius 3 is 2.18 bits per heavy atom. The van der Waals surface area contributed by atoms with E-state index in [1.807, 2.05) is 0 Å². The lowest BCUT2D eigenvalue weighted by Gasteiger charge is -2.24. The molecule has 1 fully saturated rings. The molecule has 28 heavy (non-hydrogen) atoms. The van der Waals surface area contributed by atoms with Gasteiger partial charge in [-0.1, -0.05) is 0 Å². The summed E-state index contributed by atoms with van der Waals surface area (Å²) >= 11 is 0. The number of benzene rings is 2. The number of carbonyl (C=O) groups is 3. The van der Waals surface area contributed by atoms with Crippen molar-refractivity contribution < 1.29 is 19.1 Å². The molecule has 3 amide bonds. The van der Waals surface area contributed by atoms with Crippen LogP contribution in [-0.4, -0.2) is 42.3 Å². The van der Waals surface area contributed by atoms with Gasteiger partial charge in [0, 0.05) is 23.5 Å². The number of anilines is 2. The second-order valence-corrected chi connectivity index (χ2v) is 6.63. The molecular formula is C21H23N3O4. The summed E-state index contributed by atoms with van der Waals surface area (Å²) in [5.74, 6) is 0.431. The molecule has 1 atom stereocenters. The number of hydrogen-bond donors (Lipinski definition) is 2. The monoisotopic (exact) mass is 381 g/mol. The second-order valence-electron chi connectivity index (χ2n) is 6.63. The smallest absolute Gasteiger partial charge is 0.322 e. The molecule has 0 spiro atoms. The van der Waals surface area contributed by atoms with Gasteiger partial charge in [0.2, 0.25) is 5.91 Å². The Balaban J connectivity index is 1.63. The molecule has 1 aliphatic rings. The Bertz CT molecular complexity index is 862. The Kier molecular flexibility index (Phi) is 5.93. The van der Waals surface area contributed by atoms with E-state index in [4.69, 9.17) is 4.74 Å². The lowest BCUT2D eigenvalue weighted by molar-refractivity contribution is -0.119. The van der Waals surface area contributed by atoms with Crippen molar-refractivity contribution in [2.75, 3.05) is 24.3 Å². The Labute approximate surface area is 163 Å². The van der Waals surface area contributed by atoms with Gasteiger partial charge < -0.3 is 20.3 Å². The van der Waals surface area contributed by atoms with Crippen LogP contribution < -0.4 is 15.4 Å². The van der Waals surface area contributed by atoms with E-state index in [-0.39, 0.29) is 17.7 Å². The quantitative estimate of drug-likeness (QED) is 0.776. The maximum absolute atomic E-state index is 12.7. The van der Waals surface area contributed by atoms with Crippen molar-refractivity contribution in [3.8, 4) is 5.75 Å². The number of urea groups is 1.